The minimum atomic E-state index is -1.07. The van der Waals surface area contributed by atoms with Crippen LogP contribution in [0.15, 0.2) is 18.2 Å². The molecule has 0 radical (unpaired) electrons. The Balaban J connectivity index is 2.38. The standard InChI is InChI=1S/C15H20N2O4/c1-15(2)6-3-8-16(9-7-15)13-10-11(14(18)19)4-5-12(13)17(20)21/h4-5,10H,3,6-9H2,1-2H3,(H,18,19). The van der Waals surface area contributed by atoms with Crippen molar-refractivity contribution in [3.8, 4) is 0 Å². The fourth-order valence-corrected chi connectivity index (χ4v) is 2.73. The molecule has 1 aromatic carbocycles. The van der Waals surface area contributed by atoms with Gasteiger partial charge in [0.1, 0.15) is 5.69 Å². The Hall–Kier alpha value is -2.11. The number of hydrogen-bond acceptors (Lipinski definition) is 4. The summed E-state index contributed by atoms with van der Waals surface area (Å²) in [4.78, 5) is 23.8. The molecule has 0 aliphatic carbocycles. The van der Waals surface area contributed by atoms with Gasteiger partial charge in [-0.25, -0.2) is 4.79 Å². The smallest absolute Gasteiger partial charge is 0.335 e. The third kappa shape index (κ3) is 3.51. The molecule has 0 atom stereocenters. The van der Waals surface area contributed by atoms with E-state index in [0.29, 0.717) is 18.8 Å². The van der Waals surface area contributed by atoms with E-state index >= 15 is 0 Å². The molecule has 0 spiro atoms. The zero-order chi connectivity index (χ0) is 15.6. The summed E-state index contributed by atoms with van der Waals surface area (Å²) in [5.74, 6) is -1.07. The molecule has 1 aliphatic heterocycles. The fourth-order valence-electron chi connectivity index (χ4n) is 2.73. The molecule has 0 aromatic heterocycles. The molecule has 21 heavy (non-hydrogen) atoms. The van der Waals surface area contributed by atoms with Crippen molar-refractivity contribution in [2.75, 3.05) is 18.0 Å². The van der Waals surface area contributed by atoms with Gasteiger partial charge in [-0.15, -0.1) is 0 Å². The minimum Gasteiger partial charge on any atom is -0.478 e. The van der Waals surface area contributed by atoms with Gasteiger partial charge in [-0.2, -0.15) is 0 Å². The van der Waals surface area contributed by atoms with Gasteiger partial charge in [0.05, 0.1) is 10.5 Å². The number of rotatable bonds is 3. The summed E-state index contributed by atoms with van der Waals surface area (Å²) in [5, 5.41) is 20.3. The highest BCUT2D eigenvalue weighted by molar-refractivity contribution is 5.90. The van der Waals surface area contributed by atoms with Crippen LogP contribution in [0.1, 0.15) is 43.5 Å². The fraction of sp³-hybridized carbons (Fsp3) is 0.533. The number of anilines is 1. The topological polar surface area (TPSA) is 83.7 Å². The molecule has 6 nitrogen and oxygen atoms in total. The highest BCUT2D eigenvalue weighted by atomic mass is 16.6. The maximum Gasteiger partial charge on any atom is 0.335 e. The second kappa shape index (κ2) is 5.71. The second-order valence-electron chi connectivity index (χ2n) is 6.27. The van der Waals surface area contributed by atoms with Gasteiger partial charge in [-0.3, -0.25) is 10.1 Å². The van der Waals surface area contributed by atoms with Crippen molar-refractivity contribution in [3.63, 3.8) is 0 Å². The van der Waals surface area contributed by atoms with E-state index in [9.17, 15) is 14.9 Å². The Labute approximate surface area is 123 Å². The van der Waals surface area contributed by atoms with Crippen LogP contribution in [0.2, 0.25) is 0 Å². The summed E-state index contributed by atoms with van der Waals surface area (Å²) in [6, 6.07) is 3.99. The van der Waals surface area contributed by atoms with Crippen molar-refractivity contribution in [1.29, 1.82) is 0 Å². The maximum absolute atomic E-state index is 11.2. The Bertz CT molecular complexity index is 569. The highest BCUT2D eigenvalue weighted by Gasteiger charge is 2.27. The summed E-state index contributed by atoms with van der Waals surface area (Å²) in [6.45, 7) is 5.81. The van der Waals surface area contributed by atoms with E-state index in [4.69, 9.17) is 5.11 Å². The Morgan fingerprint density at radius 1 is 1.33 bits per heavy atom. The van der Waals surface area contributed by atoms with Crippen LogP contribution in [-0.4, -0.2) is 29.1 Å². The monoisotopic (exact) mass is 292 g/mol. The van der Waals surface area contributed by atoms with Gasteiger partial charge in [0.2, 0.25) is 0 Å². The van der Waals surface area contributed by atoms with Crippen LogP contribution in [0.5, 0.6) is 0 Å². The van der Waals surface area contributed by atoms with Crippen LogP contribution in [-0.2, 0) is 0 Å². The van der Waals surface area contributed by atoms with Crippen LogP contribution in [0.4, 0.5) is 11.4 Å². The molecule has 1 fully saturated rings. The molecule has 0 bridgehead atoms. The number of carboxylic acid groups (broad SMARTS) is 1. The second-order valence-corrected chi connectivity index (χ2v) is 6.27. The summed E-state index contributed by atoms with van der Waals surface area (Å²) in [6.07, 6.45) is 2.94. The molecule has 0 amide bonds. The molecule has 6 heteroatoms. The molecule has 1 saturated heterocycles. The normalized spacial score (nSPS) is 18.1. The van der Waals surface area contributed by atoms with E-state index in [-0.39, 0.29) is 16.7 Å². The maximum atomic E-state index is 11.2. The minimum absolute atomic E-state index is 0.0280. The summed E-state index contributed by atoms with van der Waals surface area (Å²) >= 11 is 0. The lowest BCUT2D eigenvalue weighted by molar-refractivity contribution is -0.384. The number of nitro groups is 1. The molecular weight excluding hydrogens is 272 g/mol. The lowest BCUT2D eigenvalue weighted by Gasteiger charge is -2.24. The molecule has 1 N–H and O–H groups in total. The third-order valence-corrected chi connectivity index (χ3v) is 4.10. The van der Waals surface area contributed by atoms with E-state index < -0.39 is 10.9 Å². The van der Waals surface area contributed by atoms with Crippen LogP contribution >= 0.6 is 0 Å². The Morgan fingerprint density at radius 2 is 2.05 bits per heavy atom. The summed E-state index contributed by atoms with van der Waals surface area (Å²) in [7, 11) is 0. The zero-order valence-corrected chi connectivity index (χ0v) is 12.3. The van der Waals surface area contributed by atoms with Crippen LogP contribution in [0.3, 0.4) is 0 Å². The van der Waals surface area contributed by atoms with E-state index in [1.807, 2.05) is 4.90 Å². The number of carboxylic acids is 1. The Kier molecular flexibility index (Phi) is 4.16. The summed E-state index contributed by atoms with van der Waals surface area (Å²) < 4.78 is 0. The molecule has 0 saturated carbocycles. The van der Waals surface area contributed by atoms with Crippen molar-refractivity contribution in [3.05, 3.63) is 33.9 Å². The molecule has 1 aromatic rings. The third-order valence-electron chi connectivity index (χ3n) is 4.10. The van der Waals surface area contributed by atoms with Crippen molar-refractivity contribution in [2.45, 2.75) is 33.1 Å². The predicted octanol–water partition coefficient (Wildman–Crippen LogP) is 3.31. The first-order valence-electron chi connectivity index (χ1n) is 7.07. The van der Waals surface area contributed by atoms with Crippen molar-refractivity contribution >= 4 is 17.3 Å². The number of carbonyl (C=O) groups is 1. The molecule has 1 heterocycles. The van der Waals surface area contributed by atoms with Crippen LogP contribution in [0.25, 0.3) is 0 Å². The van der Waals surface area contributed by atoms with Crippen molar-refractivity contribution < 1.29 is 14.8 Å². The average Bonchev–Trinajstić information content (AvgIpc) is 2.58. The SMILES string of the molecule is CC1(C)CCCN(c2cc(C(=O)O)ccc2[N+](=O)[O-])CC1. The first-order chi connectivity index (χ1) is 9.80. The van der Waals surface area contributed by atoms with E-state index in [1.54, 1.807) is 0 Å². The molecule has 2 rings (SSSR count). The van der Waals surface area contributed by atoms with Crippen LogP contribution < -0.4 is 4.90 Å². The van der Waals surface area contributed by atoms with E-state index in [1.165, 1.54) is 18.2 Å². The van der Waals surface area contributed by atoms with Crippen molar-refractivity contribution in [2.24, 2.45) is 5.41 Å². The van der Waals surface area contributed by atoms with Crippen LogP contribution in [0, 0.1) is 15.5 Å². The largest absolute Gasteiger partial charge is 0.478 e. The molecule has 1 aliphatic rings. The van der Waals surface area contributed by atoms with E-state index in [2.05, 4.69) is 13.8 Å². The first-order valence-corrected chi connectivity index (χ1v) is 7.07. The van der Waals surface area contributed by atoms with Gasteiger partial charge in [-0.05, 0) is 36.8 Å². The van der Waals surface area contributed by atoms with Gasteiger partial charge >= 0.3 is 5.97 Å². The van der Waals surface area contributed by atoms with Gasteiger partial charge in [0.15, 0.2) is 0 Å². The van der Waals surface area contributed by atoms with Gasteiger partial charge < -0.3 is 10.0 Å². The zero-order valence-electron chi connectivity index (χ0n) is 12.3. The number of nitrogens with zero attached hydrogens (tertiary/aromatic N) is 2. The number of aromatic carboxylic acids is 1. The van der Waals surface area contributed by atoms with Gasteiger partial charge in [0.25, 0.3) is 5.69 Å². The predicted molar refractivity (Wildman–Crippen MR) is 79.9 cm³/mol. The van der Waals surface area contributed by atoms with Crippen molar-refractivity contribution in [1.82, 2.24) is 0 Å². The molecule has 0 unspecified atom stereocenters. The average molecular weight is 292 g/mol. The number of benzene rings is 1. The Morgan fingerprint density at radius 3 is 2.67 bits per heavy atom. The number of hydrogen-bond donors (Lipinski definition) is 1. The number of nitro benzene ring substituents is 1. The van der Waals surface area contributed by atoms with Gasteiger partial charge in [0, 0.05) is 19.2 Å². The quantitative estimate of drug-likeness (QED) is 0.682. The lowest BCUT2D eigenvalue weighted by Crippen LogP contribution is -2.26. The molecule has 114 valence electrons. The lowest BCUT2D eigenvalue weighted by atomic mass is 9.85. The molecular formula is C15H20N2O4. The first kappa shape index (κ1) is 15.3. The highest BCUT2D eigenvalue weighted by Crippen LogP contribution is 2.35. The van der Waals surface area contributed by atoms with Gasteiger partial charge in [-0.1, -0.05) is 13.8 Å². The van der Waals surface area contributed by atoms with E-state index in [0.717, 1.165) is 19.3 Å². The summed E-state index contributed by atoms with van der Waals surface area (Å²) in [5.41, 5.74) is 0.685.